The predicted octanol–water partition coefficient (Wildman–Crippen LogP) is 4.96. The summed E-state index contributed by atoms with van der Waals surface area (Å²) in [4.78, 5) is 11.7. The molecule has 25 heavy (non-hydrogen) atoms. The van der Waals surface area contributed by atoms with Crippen LogP contribution in [-0.4, -0.2) is 19.7 Å². The second kappa shape index (κ2) is 7.54. The van der Waals surface area contributed by atoms with Crippen molar-refractivity contribution in [1.82, 2.24) is 0 Å². The fraction of sp³-hybridized carbons (Fsp3) is 0.235. The van der Waals surface area contributed by atoms with Gasteiger partial charge in [-0.1, -0.05) is 29.3 Å². The van der Waals surface area contributed by atoms with Crippen LogP contribution >= 0.6 is 34.8 Å². The molecule has 2 aromatic rings. The lowest BCUT2D eigenvalue weighted by molar-refractivity contribution is -0.112. The number of carbonyl (C=O) groups is 1. The van der Waals surface area contributed by atoms with E-state index >= 15 is 0 Å². The predicted molar refractivity (Wildman–Crippen MR) is 102 cm³/mol. The standard InChI is InChI=1S/C17H16Cl3NO3S/c1-10-6-11(2)8-13(7-10)21(12(3)17(20)22)25(23,24)14-4-5-15(18)16(19)9-14/h4-9,12H,1-3H3. The van der Waals surface area contributed by atoms with Crippen molar-refractivity contribution < 1.29 is 13.2 Å². The molecule has 0 aliphatic heterocycles. The molecule has 1 atom stereocenters. The number of hydrogen-bond donors (Lipinski definition) is 0. The van der Waals surface area contributed by atoms with Gasteiger partial charge in [0.2, 0.25) is 5.24 Å². The Labute approximate surface area is 162 Å². The van der Waals surface area contributed by atoms with Gasteiger partial charge in [-0.2, -0.15) is 0 Å². The van der Waals surface area contributed by atoms with Gasteiger partial charge in [0.25, 0.3) is 10.0 Å². The summed E-state index contributed by atoms with van der Waals surface area (Å²) in [5, 5.41) is -0.448. The molecule has 0 N–H and O–H groups in total. The largest absolute Gasteiger partial charge is 0.279 e. The van der Waals surface area contributed by atoms with Crippen LogP contribution < -0.4 is 4.31 Å². The van der Waals surface area contributed by atoms with Crippen molar-refractivity contribution >= 4 is 55.8 Å². The molecule has 2 rings (SSSR count). The lowest BCUT2D eigenvalue weighted by Gasteiger charge is -2.29. The van der Waals surface area contributed by atoms with Crippen molar-refractivity contribution in [3.63, 3.8) is 0 Å². The molecule has 0 saturated carbocycles. The van der Waals surface area contributed by atoms with Crippen molar-refractivity contribution in [3.05, 3.63) is 57.6 Å². The number of sulfonamides is 1. The lowest BCUT2D eigenvalue weighted by Crippen LogP contribution is -2.42. The third-order valence-corrected chi connectivity index (χ3v) is 6.54. The Balaban J connectivity index is 2.69. The first-order valence-corrected chi connectivity index (χ1v) is 9.88. The second-order valence-corrected chi connectivity index (χ2v) is 8.70. The minimum absolute atomic E-state index is 0.0779. The van der Waals surface area contributed by atoms with E-state index in [0.29, 0.717) is 5.69 Å². The third kappa shape index (κ3) is 4.29. The van der Waals surface area contributed by atoms with Crippen molar-refractivity contribution in [2.24, 2.45) is 0 Å². The molecule has 0 aliphatic carbocycles. The van der Waals surface area contributed by atoms with Crippen molar-refractivity contribution in [3.8, 4) is 0 Å². The first-order valence-electron chi connectivity index (χ1n) is 7.31. The van der Waals surface area contributed by atoms with E-state index in [1.54, 1.807) is 12.1 Å². The monoisotopic (exact) mass is 419 g/mol. The van der Waals surface area contributed by atoms with Gasteiger partial charge in [-0.3, -0.25) is 9.10 Å². The van der Waals surface area contributed by atoms with E-state index in [4.69, 9.17) is 34.8 Å². The van der Waals surface area contributed by atoms with Crippen LogP contribution in [0.4, 0.5) is 5.69 Å². The number of halogens is 3. The summed E-state index contributed by atoms with van der Waals surface area (Å²) < 4.78 is 27.4. The van der Waals surface area contributed by atoms with Crippen LogP contribution in [0.15, 0.2) is 41.3 Å². The molecule has 0 fully saturated rings. The van der Waals surface area contributed by atoms with Gasteiger partial charge in [0.15, 0.2) is 0 Å². The Morgan fingerprint density at radius 3 is 2.04 bits per heavy atom. The molecule has 0 heterocycles. The molecule has 0 amide bonds. The summed E-state index contributed by atoms with van der Waals surface area (Å²) in [5.74, 6) is 0. The van der Waals surface area contributed by atoms with Crippen LogP contribution in [0.1, 0.15) is 18.1 Å². The molecule has 1 unspecified atom stereocenters. The number of nitrogens with zero attached hydrogens (tertiary/aromatic N) is 1. The van der Waals surface area contributed by atoms with Gasteiger partial charge in [-0.25, -0.2) is 8.42 Å². The van der Waals surface area contributed by atoms with E-state index < -0.39 is 21.3 Å². The van der Waals surface area contributed by atoms with Crippen molar-refractivity contribution in [1.29, 1.82) is 0 Å². The fourth-order valence-corrected chi connectivity index (χ4v) is 4.64. The van der Waals surface area contributed by atoms with Gasteiger partial charge < -0.3 is 0 Å². The number of hydrogen-bond acceptors (Lipinski definition) is 3. The normalized spacial score (nSPS) is 12.7. The first-order chi connectivity index (χ1) is 11.5. The molecule has 0 aliphatic rings. The first kappa shape index (κ1) is 20.0. The van der Waals surface area contributed by atoms with Gasteiger partial charge in [0.05, 0.1) is 20.6 Å². The molecule has 0 saturated heterocycles. The summed E-state index contributed by atoms with van der Waals surface area (Å²) in [6.45, 7) is 5.11. The summed E-state index contributed by atoms with van der Waals surface area (Å²) in [5.41, 5.74) is 2.07. The average molecular weight is 421 g/mol. The molecule has 134 valence electrons. The quantitative estimate of drug-likeness (QED) is 0.642. The number of aryl methyl sites for hydroxylation is 2. The van der Waals surface area contributed by atoms with Gasteiger partial charge >= 0.3 is 0 Å². The zero-order valence-electron chi connectivity index (χ0n) is 13.8. The van der Waals surface area contributed by atoms with Gasteiger partial charge in [0, 0.05) is 0 Å². The van der Waals surface area contributed by atoms with Crippen LogP contribution in [-0.2, 0) is 14.8 Å². The maximum atomic E-state index is 13.2. The Hall–Kier alpha value is -1.27. The fourth-order valence-electron chi connectivity index (χ4n) is 2.49. The maximum absolute atomic E-state index is 13.2. The SMILES string of the molecule is Cc1cc(C)cc(N(C(C)C(=O)Cl)S(=O)(=O)c2ccc(Cl)c(Cl)c2)c1. The number of carbonyl (C=O) groups excluding carboxylic acids is 1. The molecule has 0 radical (unpaired) electrons. The highest BCUT2D eigenvalue weighted by atomic mass is 35.5. The van der Waals surface area contributed by atoms with E-state index in [-0.39, 0.29) is 14.9 Å². The smallest absolute Gasteiger partial charge is 0.265 e. The van der Waals surface area contributed by atoms with E-state index in [1.807, 2.05) is 19.9 Å². The summed E-state index contributed by atoms with van der Waals surface area (Å²) in [6.07, 6.45) is 0. The molecular formula is C17H16Cl3NO3S. The van der Waals surface area contributed by atoms with E-state index in [0.717, 1.165) is 15.4 Å². The topological polar surface area (TPSA) is 54.5 Å². The molecule has 0 aromatic heterocycles. The molecular weight excluding hydrogens is 405 g/mol. The van der Waals surface area contributed by atoms with Crippen molar-refractivity contribution in [2.75, 3.05) is 4.31 Å². The van der Waals surface area contributed by atoms with Crippen LogP contribution in [0.5, 0.6) is 0 Å². The van der Waals surface area contributed by atoms with E-state index in [1.165, 1.54) is 25.1 Å². The molecule has 8 heteroatoms. The number of benzene rings is 2. The highest BCUT2D eigenvalue weighted by molar-refractivity contribution is 7.93. The molecule has 0 spiro atoms. The Bertz CT molecular complexity index is 908. The Morgan fingerprint density at radius 1 is 1.00 bits per heavy atom. The van der Waals surface area contributed by atoms with E-state index in [9.17, 15) is 13.2 Å². The van der Waals surface area contributed by atoms with Crippen LogP contribution in [0, 0.1) is 13.8 Å². The van der Waals surface area contributed by atoms with Gasteiger partial charge in [-0.05, 0) is 73.8 Å². The zero-order chi connectivity index (χ0) is 18.9. The third-order valence-electron chi connectivity index (χ3n) is 3.59. The molecule has 2 aromatic carbocycles. The molecule has 4 nitrogen and oxygen atoms in total. The minimum Gasteiger partial charge on any atom is -0.279 e. The van der Waals surface area contributed by atoms with Gasteiger partial charge in [0.1, 0.15) is 6.04 Å². The number of anilines is 1. The number of rotatable bonds is 5. The Morgan fingerprint density at radius 2 is 1.56 bits per heavy atom. The average Bonchev–Trinajstić information content (AvgIpc) is 2.48. The summed E-state index contributed by atoms with van der Waals surface area (Å²) in [6, 6.07) is 8.15. The lowest BCUT2D eigenvalue weighted by atomic mass is 10.1. The van der Waals surface area contributed by atoms with Crippen LogP contribution in [0.2, 0.25) is 10.0 Å². The highest BCUT2D eigenvalue weighted by Crippen LogP contribution is 2.31. The Kier molecular flexibility index (Phi) is 6.05. The van der Waals surface area contributed by atoms with Crippen LogP contribution in [0.3, 0.4) is 0 Å². The summed E-state index contributed by atoms with van der Waals surface area (Å²) in [7, 11) is -4.09. The zero-order valence-corrected chi connectivity index (χ0v) is 16.8. The summed E-state index contributed by atoms with van der Waals surface area (Å²) >= 11 is 17.4. The molecule has 0 bridgehead atoms. The van der Waals surface area contributed by atoms with E-state index in [2.05, 4.69) is 0 Å². The minimum atomic E-state index is -4.09. The second-order valence-electron chi connectivity index (χ2n) is 5.70. The van der Waals surface area contributed by atoms with Crippen LogP contribution in [0.25, 0.3) is 0 Å². The highest BCUT2D eigenvalue weighted by Gasteiger charge is 2.33. The van der Waals surface area contributed by atoms with Gasteiger partial charge in [-0.15, -0.1) is 0 Å². The van der Waals surface area contributed by atoms with Crippen molar-refractivity contribution in [2.45, 2.75) is 31.7 Å². The maximum Gasteiger partial charge on any atom is 0.265 e.